The van der Waals surface area contributed by atoms with E-state index in [1.807, 2.05) is 0 Å². The summed E-state index contributed by atoms with van der Waals surface area (Å²) in [6, 6.07) is 10.9. The number of carbonyl (C=O) groups is 3. The number of esters is 2. The number of ether oxygens (including phenoxy) is 2. The van der Waals surface area contributed by atoms with Crippen LogP contribution in [-0.4, -0.2) is 31.6 Å². The summed E-state index contributed by atoms with van der Waals surface area (Å²) >= 11 is 0. The second-order valence-corrected chi connectivity index (χ2v) is 4.70. The number of hydrogen-bond donors (Lipinski definition) is 1. The Morgan fingerprint density at radius 1 is 1.00 bits per heavy atom. The van der Waals surface area contributed by atoms with E-state index in [-0.39, 0.29) is 11.1 Å². The van der Waals surface area contributed by atoms with Crippen molar-refractivity contribution in [2.24, 2.45) is 0 Å². The molecule has 24 heavy (non-hydrogen) atoms. The topological polar surface area (TPSA) is 81.7 Å². The minimum atomic E-state index is -0.755. The second-order valence-electron chi connectivity index (χ2n) is 4.70. The van der Waals surface area contributed by atoms with Gasteiger partial charge in [-0.25, -0.2) is 14.0 Å². The summed E-state index contributed by atoms with van der Waals surface area (Å²) in [5.74, 6) is -2.34. The Kier molecular flexibility index (Phi) is 5.62. The zero-order valence-electron chi connectivity index (χ0n) is 12.7. The van der Waals surface area contributed by atoms with Gasteiger partial charge >= 0.3 is 11.9 Å². The maximum absolute atomic E-state index is 12.8. The molecule has 0 saturated heterocycles. The third kappa shape index (κ3) is 4.64. The molecule has 0 saturated carbocycles. The number of carbonyl (C=O) groups excluding carboxylic acids is 3. The Balaban J connectivity index is 1.91. The summed E-state index contributed by atoms with van der Waals surface area (Å²) in [7, 11) is 1.23. The Labute approximate surface area is 137 Å². The lowest BCUT2D eigenvalue weighted by molar-refractivity contribution is -0.119. The third-order valence-corrected chi connectivity index (χ3v) is 2.98. The van der Waals surface area contributed by atoms with Crippen LogP contribution in [0.3, 0.4) is 0 Å². The number of nitrogens with one attached hydrogen (secondary N) is 1. The van der Waals surface area contributed by atoms with Crippen molar-refractivity contribution in [3.8, 4) is 0 Å². The third-order valence-electron chi connectivity index (χ3n) is 2.98. The van der Waals surface area contributed by atoms with Gasteiger partial charge in [0, 0.05) is 5.69 Å². The predicted octanol–water partition coefficient (Wildman–Crippen LogP) is 2.41. The number of halogens is 1. The molecule has 2 rings (SSSR count). The Morgan fingerprint density at radius 3 is 2.25 bits per heavy atom. The first-order valence-corrected chi connectivity index (χ1v) is 6.90. The van der Waals surface area contributed by atoms with E-state index >= 15 is 0 Å². The average Bonchev–Trinajstić information content (AvgIpc) is 2.61. The molecule has 7 heteroatoms. The van der Waals surface area contributed by atoms with E-state index in [0.717, 1.165) is 0 Å². The van der Waals surface area contributed by atoms with Crippen LogP contribution in [0.4, 0.5) is 10.1 Å². The van der Waals surface area contributed by atoms with E-state index in [1.165, 1.54) is 55.6 Å². The molecule has 0 radical (unpaired) electrons. The SMILES string of the molecule is COC(=O)c1cccc(C(=O)OCC(=O)Nc2ccc(F)cc2)c1. The van der Waals surface area contributed by atoms with E-state index in [1.54, 1.807) is 0 Å². The second kappa shape index (κ2) is 7.87. The summed E-state index contributed by atoms with van der Waals surface area (Å²) < 4.78 is 22.2. The standard InChI is InChI=1S/C17H14FNO5/c1-23-16(21)11-3-2-4-12(9-11)17(22)24-10-15(20)19-14-7-5-13(18)6-8-14/h2-9H,10H2,1H3,(H,19,20). The molecule has 0 aliphatic carbocycles. The largest absolute Gasteiger partial charge is 0.465 e. The smallest absolute Gasteiger partial charge is 0.338 e. The van der Waals surface area contributed by atoms with Gasteiger partial charge in [0.1, 0.15) is 5.82 Å². The molecule has 1 amide bonds. The molecule has 0 aliphatic heterocycles. The van der Waals surface area contributed by atoms with Crippen LogP contribution in [0.5, 0.6) is 0 Å². The molecule has 1 N–H and O–H groups in total. The van der Waals surface area contributed by atoms with Crippen LogP contribution in [0.25, 0.3) is 0 Å². The molecule has 6 nitrogen and oxygen atoms in total. The fourth-order valence-corrected chi connectivity index (χ4v) is 1.84. The van der Waals surface area contributed by atoms with Gasteiger partial charge in [0.25, 0.3) is 5.91 Å². The minimum Gasteiger partial charge on any atom is -0.465 e. The summed E-state index contributed by atoms with van der Waals surface area (Å²) in [4.78, 5) is 35.0. The van der Waals surface area contributed by atoms with Crippen LogP contribution in [0, 0.1) is 5.82 Å². The van der Waals surface area contributed by atoms with Crippen molar-refractivity contribution in [2.45, 2.75) is 0 Å². The normalized spacial score (nSPS) is 9.92. The number of anilines is 1. The van der Waals surface area contributed by atoms with E-state index < -0.39 is 30.3 Å². The number of hydrogen-bond acceptors (Lipinski definition) is 5. The lowest BCUT2D eigenvalue weighted by Gasteiger charge is -2.07. The average molecular weight is 331 g/mol. The van der Waals surface area contributed by atoms with Crippen molar-refractivity contribution in [3.63, 3.8) is 0 Å². The van der Waals surface area contributed by atoms with Crippen molar-refractivity contribution >= 4 is 23.5 Å². The molecule has 0 spiro atoms. The monoisotopic (exact) mass is 331 g/mol. The van der Waals surface area contributed by atoms with Gasteiger partial charge in [0.2, 0.25) is 0 Å². The summed E-state index contributed by atoms with van der Waals surface area (Å²) in [6.45, 7) is -0.515. The molecule has 124 valence electrons. The van der Waals surface area contributed by atoms with Crippen LogP contribution in [0.1, 0.15) is 20.7 Å². The molecule has 0 fully saturated rings. The first kappa shape index (κ1) is 17.1. The number of amides is 1. The Hall–Kier alpha value is -3.22. The van der Waals surface area contributed by atoms with E-state index in [0.29, 0.717) is 5.69 Å². The van der Waals surface area contributed by atoms with Crippen molar-refractivity contribution in [1.82, 2.24) is 0 Å². The van der Waals surface area contributed by atoms with Gasteiger partial charge in [-0.15, -0.1) is 0 Å². The lowest BCUT2D eigenvalue weighted by Crippen LogP contribution is -2.21. The van der Waals surface area contributed by atoms with Gasteiger partial charge in [-0.3, -0.25) is 4.79 Å². The van der Waals surface area contributed by atoms with Gasteiger partial charge in [-0.1, -0.05) is 6.07 Å². The van der Waals surface area contributed by atoms with Gasteiger partial charge in [-0.2, -0.15) is 0 Å². The molecule has 0 aliphatic rings. The molecule has 0 unspecified atom stereocenters. The summed E-state index contributed by atoms with van der Waals surface area (Å²) in [5, 5.41) is 2.46. The van der Waals surface area contributed by atoms with Crippen LogP contribution in [0.2, 0.25) is 0 Å². The van der Waals surface area contributed by atoms with Crippen molar-refractivity contribution in [2.75, 3.05) is 19.0 Å². The highest BCUT2D eigenvalue weighted by Crippen LogP contribution is 2.10. The van der Waals surface area contributed by atoms with Crippen molar-refractivity contribution in [1.29, 1.82) is 0 Å². The van der Waals surface area contributed by atoms with Crippen LogP contribution >= 0.6 is 0 Å². The summed E-state index contributed by atoms with van der Waals surface area (Å²) in [5.41, 5.74) is 0.695. The molecular formula is C17H14FNO5. The zero-order chi connectivity index (χ0) is 17.5. The minimum absolute atomic E-state index is 0.118. The highest BCUT2D eigenvalue weighted by Gasteiger charge is 2.13. The number of rotatable bonds is 5. The first-order chi connectivity index (χ1) is 11.5. The molecule has 2 aromatic carbocycles. The lowest BCUT2D eigenvalue weighted by atomic mass is 10.1. The highest BCUT2D eigenvalue weighted by molar-refractivity contribution is 5.97. The summed E-state index contributed by atoms with van der Waals surface area (Å²) in [6.07, 6.45) is 0. The van der Waals surface area contributed by atoms with Gasteiger partial charge in [-0.05, 0) is 42.5 Å². The predicted molar refractivity (Wildman–Crippen MR) is 83.1 cm³/mol. The molecule has 0 aromatic heterocycles. The number of benzene rings is 2. The molecule has 0 bridgehead atoms. The van der Waals surface area contributed by atoms with E-state index in [9.17, 15) is 18.8 Å². The van der Waals surface area contributed by atoms with Crippen molar-refractivity contribution in [3.05, 3.63) is 65.5 Å². The van der Waals surface area contributed by atoms with Crippen LogP contribution in [0.15, 0.2) is 48.5 Å². The maximum Gasteiger partial charge on any atom is 0.338 e. The molecule has 2 aromatic rings. The maximum atomic E-state index is 12.8. The van der Waals surface area contributed by atoms with Gasteiger partial charge < -0.3 is 14.8 Å². The van der Waals surface area contributed by atoms with E-state index in [4.69, 9.17) is 4.74 Å². The highest BCUT2D eigenvalue weighted by atomic mass is 19.1. The Bertz CT molecular complexity index is 758. The first-order valence-electron chi connectivity index (χ1n) is 6.90. The van der Waals surface area contributed by atoms with Gasteiger partial charge in [0.05, 0.1) is 18.2 Å². The quantitative estimate of drug-likeness (QED) is 0.851. The van der Waals surface area contributed by atoms with Gasteiger partial charge in [0.15, 0.2) is 6.61 Å². The fourth-order valence-electron chi connectivity index (χ4n) is 1.84. The van der Waals surface area contributed by atoms with Crippen LogP contribution in [-0.2, 0) is 14.3 Å². The number of methoxy groups -OCH3 is 1. The fraction of sp³-hybridized carbons (Fsp3) is 0.118. The molecule has 0 atom stereocenters. The Morgan fingerprint density at radius 2 is 1.62 bits per heavy atom. The molecule has 0 heterocycles. The van der Waals surface area contributed by atoms with Crippen molar-refractivity contribution < 1.29 is 28.2 Å². The van der Waals surface area contributed by atoms with E-state index in [2.05, 4.69) is 10.1 Å². The molecular weight excluding hydrogens is 317 g/mol. The zero-order valence-corrected chi connectivity index (χ0v) is 12.7. The van der Waals surface area contributed by atoms with Crippen LogP contribution < -0.4 is 5.32 Å².